The Morgan fingerprint density at radius 3 is 1.67 bits per heavy atom. The van der Waals surface area contributed by atoms with Crippen molar-refractivity contribution >= 4 is 82.2 Å². The highest BCUT2D eigenvalue weighted by atomic mass is 127. The Labute approximate surface area is 416 Å². The van der Waals surface area contributed by atoms with Crippen molar-refractivity contribution in [2.75, 3.05) is 65.4 Å². The van der Waals surface area contributed by atoms with Gasteiger partial charge in [-0.15, -0.1) is 0 Å². The quantitative estimate of drug-likeness (QED) is 0.0314. The first-order valence-corrected chi connectivity index (χ1v) is 23.1. The molecule has 2 aromatic rings. The van der Waals surface area contributed by atoms with E-state index in [-0.39, 0.29) is 97.0 Å². The van der Waals surface area contributed by atoms with E-state index >= 15 is 0 Å². The molecule has 0 saturated heterocycles. The molecule has 2 rings (SSSR count). The second kappa shape index (κ2) is 32.3. The second-order valence-electron chi connectivity index (χ2n) is 15.9. The molecular weight excluding hydrogens is 1040 g/mol. The summed E-state index contributed by atoms with van der Waals surface area (Å²) in [5.74, 6) is -9.64. The summed E-state index contributed by atoms with van der Waals surface area (Å²) in [7, 11) is 0. The normalized spacial score (nSPS) is 12.3. The Morgan fingerprint density at radius 2 is 1.13 bits per heavy atom. The maximum atomic E-state index is 13.9. The molecule has 70 heavy (non-hydrogen) atoms. The maximum Gasteiger partial charge on any atom is 0.326 e. The lowest BCUT2D eigenvalue weighted by Crippen LogP contribution is -2.51. The summed E-state index contributed by atoms with van der Waals surface area (Å²) in [5, 5.41) is 77.7. The number of hydrogen-bond donors (Lipinski definition) is 12. The molecule has 0 heterocycles. The van der Waals surface area contributed by atoms with Crippen LogP contribution in [-0.2, 0) is 51.4 Å². The fourth-order valence-corrected chi connectivity index (χ4v) is 7.19. The SMILES string of the molecule is O=C(O)CC[C@@H](NC(=O)N[C@H](CCCCN(Cc1ccc(I)cc1)C(=O)c1ccc(CNC(=O)CCC(C(=O)O)N(CCNCC(=O)O)CCN(CCNCC(=O)O)CC(=O)O)cc1)C(=O)O)C(=O)O. The van der Waals surface area contributed by atoms with Gasteiger partial charge >= 0.3 is 47.8 Å². The smallest absolute Gasteiger partial charge is 0.326 e. The number of benzene rings is 2. The molecule has 0 spiro atoms. The molecule has 386 valence electrons. The number of unbranched alkanes of at least 4 members (excludes halogenated alkanes) is 1. The van der Waals surface area contributed by atoms with Gasteiger partial charge in [-0.25, -0.2) is 14.4 Å². The van der Waals surface area contributed by atoms with Gasteiger partial charge in [0.2, 0.25) is 5.91 Å². The highest BCUT2D eigenvalue weighted by Crippen LogP contribution is 2.16. The van der Waals surface area contributed by atoms with E-state index in [1.807, 2.05) is 24.3 Å². The lowest BCUT2D eigenvalue weighted by atomic mass is 10.1. The van der Waals surface area contributed by atoms with Crippen LogP contribution in [0.25, 0.3) is 0 Å². The number of carboxylic acid groups (broad SMARTS) is 7. The van der Waals surface area contributed by atoms with Gasteiger partial charge in [-0.2, -0.15) is 0 Å². The summed E-state index contributed by atoms with van der Waals surface area (Å²) in [6.07, 6.45) is -0.883. The van der Waals surface area contributed by atoms with Crippen LogP contribution in [0, 0.1) is 3.57 Å². The maximum absolute atomic E-state index is 13.9. The number of nitrogens with zero attached hydrogens (tertiary/aromatic N) is 3. The Bertz CT molecular complexity index is 2080. The van der Waals surface area contributed by atoms with Gasteiger partial charge in [0.05, 0.1) is 19.6 Å². The van der Waals surface area contributed by atoms with Gasteiger partial charge in [-0.05, 0) is 90.1 Å². The Morgan fingerprint density at radius 1 is 0.557 bits per heavy atom. The predicted octanol–water partition coefficient (Wildman–Crippen LogP) is 0.0609. The fourth-order valence-electron chi connectivity index (χ4n) is 6.83. The molecule has 0 aliphatic carbocycles. The van der Waals surface area contributed by atoms with Gasteiger partial charge in [0, 0.05) is 80.9 Å². The minimum Gasteiger partial charge on any atom is -0.481 e. The van der Waals surface area contributed by atoms with Crippen LogP contribution in [-0.4, -0.2) is 194 Å². The minimum absolute atomic E-state index is 0.0212. The number of aliphatic carboxylic acids is 7. The molecule has 4 amide bonds. The number of urea groups is 1. The predicted molar refractivity (Wildman–Crippen MR) is 255 cm³/mol. The van der Waals surface area contributed by atoms with E-state index in [2.05, 4.69) is 49.2 Å². The van der Waals surface area contributed by atoms with Crippen LogP contribution in [0.2, 0.25) is 0 Å². The Kier molecular flexibility index (Phi) is 27.6. The minimum atomic E-state index is -1.56. The average molecular weight is 1100 g/mol. The topological polar surface area (TPSA) is 382 Å². The zero-order valence-electron chi connectivity index (χ0n) is 38.2. The average Bonchev–Trinajstić information content (AvgIpc) is 3.29. The number of hydrogen-bond acceptors (Lipinski definition) is 14. The molecule has 2 aromatic carbocycles. The van der Waals surface area contributed by atoms with Gasteiger partial charge in [0.25, 0.3) is 5.91 Å². The van der Waals surface area contributed by atoms with Crippen LogP contribution < -0.4 is 26.6 Å². The monoisotopic (exact) mass is 1100 g/mol. The van der Waals surface area contributed by atoms with Gasteiger partial charge in [-0.1, -0.05) is 24.3 Å². The largest absolute Gasteiger partial charge is 0.481 e. The molecule has 12 N–H and O–H groups in total. The molecule has 1 unspecified atom stereocenters. The molecule has 0 aliphatic rings. The lowest BCUT2D eigenvalue weighted by molar-refractivity contribution is -0.145. The number of carbonyl (C=O) groups is 10. The second-order valence-corrected chi connectivity index (χ2v) is 17.1. The molecule has 26 heteroatoms. The van der Waals surface area contributed by atoms with E-state index in [0.29, 0.717) is 17.5 Å². The van der Waals surface area contributed by atoms with Crippen LogP contribution in [0.3, 0.4) is 0 Å². The van der Waals surface area contributed by atoms with Crippen LogP contribution in [0.1, 0.15) is 66.4 Å². The number of nitrogens with one attached hydrogen (secondary N) is 5. The first-order valence-electron chi connectivity index (χ1n) is 22.0. The molecule has 0 saturated carbocycles. The molecular formula is C44H61IN8O17. The van der Waals surface area contributed by atoms with Crippen LogP contribution >= 0.6 is 22.6 Å². The fraction of sp³-hybridized carbons (Fsp3) is 0.500. The van der Waals surface area contributed by atoms with Crippen molar-refractivity contribution in [2.24, 2.45) is 0 Å². The Balaban J connectivity index is 2.08. The molecule has 3 atom stereocenters. The highest BCUT2D eigenvalue weighted by Gasteiger charge is 2.28. The van der Waals surface area contributed by atoms with E-state index in [1.54, 1.807) is 29.2 Å². The van der Waals surface area contributed by atoms with Crippen molar-refractivity contribution in [1.29, 1.82) is 0 Å². The number of amides is 4. The lowest BCUT2D eigenvalue weighted by Gasteiger charge is -2.31. The third-order valence-electron chi connectivity index (χ3n) is 10.5. The van der Waals surface area contributed by atoms with Gasteiger partial charge in [0.15, 0.2) is 0 Å². The van der Waals surface area contributed by atoms with Gasteiger partial charge in [-0.3, -0.25) is 43.4 Å². The van der Waals surface area contributed by atoms with Crippen molar-refractivity contribution < 1.29 is 83.7 Å². The van der Waals surface area contributed by atoms with E-state index in [4.69, 9.17) is 15.3 Å². The van der Waals surface area contributed by atoms with E-state index in [9.17, 15) is 68.4 Å². The summed E-state index contributed by atoms with van der Waals surface area (Å²) in [4.78, 5) is 124. The zero-order valence-corrected chi connectivity index (χ0v) is 40.4. The summed E-state index contributed by atoms with van der Waals surface area (Å²) in [6.45, 7) is -0.296. The molecule has 0 aliphatic heterocycles. The van der Waals surface area contributed by atoms with Crippen molar-refractivity contribution in [3.8, 4) is 0 Å². The zero-order chi connectivity index (χ0) is 52.2. The Hall–Kier alpha value is -6.49. The number of carbonyl (C=O) groups excluding carboxylic acids is 3. The molecule has 25 nitrogen and oxygen atoms in total. The molecule has 0 aromatic heterocycles. The van der Waals surface area contributed by atoms with Gasteiger partial charge < -0.3 is 67.2 Å². The van der Waals surface area contributed by atoms with Crippen molar-refractivity contribution in [3.05, 3.63) is 68.8 Å². The van der Waals surface area contributed by atoms with Crippen LogP contribution in [0.5, 0.6) is 0 Å². The molecule has 0 bridgehead atoms. The molecule has 0 fully saturated rings. The first-order chi connectivity index (χ1) is 33.1. The van der Waals surface area contributed by atoms with E-state index in [0.717, 1.165) is 9.13 Å². The van der Waals surface area contributed by atoms with Gasteiger partial charge in [0.1, 0.15) is 18.1 Å². The number of halogens is 1. The third kappa shape index (κ3) is 25.2. The first kappa shape index (κ1) is 59.6. The van der Waals surface area contributed by atoms with Crippen LogP contribution in [0.4, 0.5) is 4.79 Å². The summed E-state index contributed by atoms with van der Waals surface area (Å²) in [5.41, 5.74) is 1.73. The highest BCUT2D eigenvalue weighted by molar-refractivity contribution is 14.1. The van der Waals surface area contributed by atoms with Crippen molar-refractivity contribution in [3.63, 3.8) is 0 Å². The number of carboxylic acids is 7. The van der Waals surface area contributed by atoms with E-state index < -0.39 is 97.8 Å². The number of rotatable bonds is 37. The third-order valence-corrected chi connectivity index (χ3v) is 11.2. The van der Waals surface area contributed by atoms with Crippen molar-refractivity contribution in [1.82, 2.24) is 41.3 Å². The summed E-state index contributed by atoms with van der Waals surface area (Å²) in [6, 6.07) is 8.57. The molecule has 0 radical (unpaired) electrons. The van der Waals surface area contributed by atoms with Crippen molar-refractivity contribution in [2.45, 2.75) is 76.2 Å². The van der Waals surface area contributed by atoms with Crippen LogP contribution in [0.15, 0.2) is 48.5 Å². The summed E-state index contributed by atoms with van der Waals surface area (Å²) < 4.78 is 0.972. The standard InChI is InChI=1S/C44H61IN8O17/c45-31-10-6-29(7-11-31)26-53(18-2-1-3-32(41(64)65)49-44(70)50-33(42(66)67)12-15-36(55)56)40(63)30-8-4-28(5-9-30)23-48-35(54)14-13-34(43(68)69)52(20-17-47-25-38(59)60)22-21-51(27-39(61)62)19-16-46-24-37(57)58/h4-11,32-34,46-47H,1-3,12-27H2,(H,48,54)(H,55,56)(H,57,58)(H,59,60)(H,61,62)(H,64,65)(H,66,67)(H,68,69)(H2,49,50,70)/t32-,33-,34?/m1/s1. The van der Waals surface area contributed by atoms with E-state index in [1.165, 1.54) is 9.80 Å². The summed E-state index contributed by atoms with van der Waals surface area (Å²) >= 11 is 2.15.